The molecule has 1 fully saturated rings. The first-order valence-corrected chi connectivity index (χ1v) is 9.06. The minimum atomic E-state index is -0.331. The molecule has 1 saturated heterocycles. The first-order chi connectivity index (χ1) is 12.6. The number of fused-ring (bicyclic) bond motifs is 1. The number of carbonyl (C=O) groups is 2. The summed E-state index contributed by atoms with van der Waals surface area (Å²) in [5.41, 5.74) is 0.952. The Balaban J connectivity index is 1.51. The number of carbonyl (C=O) groups excluding carboxylic acids is 2. The number of aryl methyl sites for hydroxylation is 1. The Labute approximate surface area is 152 Å². The minimum Gasteiger partial charge on any atom is -0.304 e. The first-order valence-electron chi connectivity index (χ1n) is 9.06. The van der Waals surface area contributed by atoms with Gasteiger partial charge >= 0.3 is 0 Å². The number of anilines is 1. The molecule has 7 heteroatoms. The van der Waals surface area contributed by atoms with E-state index in [0.717, 1.165) is 61.5 Å². The number of aromatic nitrogens is 2. The molecule has 0 radical (unpaired) electrons. The summed E-state index contributed by atoms with van der Waals surface area (Å²) in [4.78, 5) is 30.1. The topological polar surface area (TPSA) is 61.7 Å². The first kappa shape index (κ1) is 16.9. The van der Waals surface area contributed by atoms with Crippen molar-refractivity contribution in [1.29, 1.82) is 0 Å². The fourth-order valence-corrected chi connectivity index (χ4v) is 3.57. The monoisotopic (exact) mass is 353 g/mol. The molecule has 2 amide bonds. The van der Waals surface area contributed by atoms with Crippen molar-refractivity contribution in [2.75, 3.05) is 44.7 Å². The van der Waals surface area contributed by atoms with Crippen LogP contribution in [0.15, 0.2) is 36.4 Å². The van der Waals surface area contributed by atoms with Crippen molar-refractivity contribution < 1.29 is 9.59 Å². The summed E-state index contributed by atoms with van der Waals surface area (Å²) < 4.78 is 1.92. The standard InChI is InChI=1S/C19H23N5O2/c1-21-11-13-22(14-12-21)9-4-10-23-16-6-3-2-5-15(16)19(20-23)24-17(25)7-8-18(24)26/h2-3,5-8H,4,9-14H2,1H3. The van der Waals surface area contributed by atoms with Crippen LogP contribution in [0.25, 0.3) is 10.9 Å². The van der Waals surface area contributed by atoms with Gasteiger partial charge in [0.25, 0.3) is 11.8 Å². The quantitative estimate of drug-likeness (QED) is 0.754. The van der Waals surface area contributed by atoms with Crippen LogP contribution in [0.4, 0.5) is 5.82 Å². The molecule has 1 aromatic carbocycles. The molecule has 3 heterocycles. The SMILES string of the molecule is CN1CCN(CCCn2nc(N3C(=O)C=CC3=O)c3ccccc32)CC1. The maximum atomic E-state index is 12.0. The number of benzene rings is 1. The van der Waals surface area contributed by atoms with Crippen LogP contribution < -0.4 is 4.90 Å². The summed E-state index contributed by atoms with van der Waals surface area (Å²) in [6.07, 6.45) is 3.57. The third kappa shape index (κ3) is 3.15. The van der Waals surface area contributed by atoms with E-state index in [0.29, 0.717) is 5.82 Å². The molecule has 0 N–H and O–H groups in total. The number of likely N-dealkylation sites (N-methyl/N-ethyl adjacent to an activating group) is 1. The molecule has 0 aliphatic carbocycles. The van der Waals surface area contributed by atoms with Crippen LogP contribution in [-0.2, 0) is 16.1 Å². The smallest absolute Gasteiger partial charge is 0.259 e. The van der Waals surface area contributed by atoms with Gasteiger partial charge in [0, 0.05) is 50.3 Å². The third-order valence-corrected chi connectivity index (χ3v) is 5.10. The van der Waals surface area contributed by atoms with Crippen LogP contribution in [0.5, 0.6) is 0 Å². The van der Waals surface area contributed by atoms with Gasteiger partial charge in [0.05, 0.1) is 5.52 Å². The Bertz CT molecular complexity index is 846. The number of hydrogen-bond donors (Lipinski definition) is 0. The van der Waals surface area contributed by atoms with Crippen molar-refractivity contribution in [2.24, 2.45) is 0 Å². The summed E-state index contributed by atoms with van der Waals surface area (Å²) in [5, 5.41) is 5.43. The van der Waals surface area contributed by atoms with E-state index in [1.807, 2.05) is 28.9 Å². The zero-order valence-electron chi connectivity index (χ0n) is 15.0. The Morgan fingerprint density at radius 1 is 0.962 bits per heavy atom. The van der Waals surface area contributed by atoms with Gasteiger partial charge in [-0.1, -0.05) is 12.1 Å². The average molecular weight is 353 g/mol. The largest absolute Gasteiger partial charge is 0.304 e. The molecule has 136 valence electrons. The van der Waals surface area contributed by atoms with Crippen molar-refractivity contribution in [2.45, 2.75) is 13.0 Å². The zero-order valence-corrected chi connectivity index (χ0v) is 15.0. The summed E-state index contributed by atoms with van der Waals surface area (Å²) in [6.45, 7) is 6.22. The number of nitrogens with zero attached hydrogens (tertiary/aromatic N) is 5. The van der Waals surface area contributed by atoms with Gasteiger partial charge in [-0.25, -0.2) is 4.90 Å². The molecule has 0 spiro atoms. The van der Waals surface area contributed by atoms with Crippen LogP contribution >= 0.6 is 0 Å². The molecule has 0 saturated carbocycles. The highest BCUT2D eigenvalue weighted by Crippen LogP contribution is 2.28. The highest BCUT2D eigenvalue weighted by Gasteiger charge is 2.29. The number of piperazine rings is 1. The van der Waals surface area contributed by atoms with Crippen molar-refractivity contribution in [3.63, 3.8) is 0 Å². The van der Waals surface area contributed by atoms with Gasteiger partial charge < -0.3 is 9.80 Å². The fraction of sp³-hybridized carbons (Fsp3) is 0.421. The summed E-state index contributed by atoms with van der Waals surface area (Å²) >= 11 is 0. The van der Waals surface area contributed by atoms with E-state index < -0.39 is 0 Å². The Kier molecular flexibility index (Phi) is 4.57. The predicted molar refractivity (Wildman–Crippen MR) is 99.9 cm³/mol. The molecule has 2 aliphatic rings. The number of para-hydroxylation sites is 1. The van der Waals surface area contributed by atoms with E-state index in [1.165, 1.54) is 12.2 Å². The van der Waals surface area contributed by atoms with Crippen LogP contribution in [-0.4, -0.2) is 71.2 Å². The predicted octanol–water partition coefficient (Wildman–Crippen LogP) is 1.10. The highest BCUT2D eigenvalue weighted by atomic mass is 16.2. The van der Waals surface area contributed by atoms with Crippen molar-refractivity contribution in [1.82, 2.24) is 19.6 Å². The molecule has 1 aromatic heterocycles. The lowest BCUT2D eigenvalue weighted by molar-refractivity contribution is -0.120. The lowest BCUT2D eigenvalue weighted by Gasteiger charge is -2.32. The average Bonchev–Trinajstić information content (AvgIpc) is 3.17. The Morgan fingerprint density at radius 2 is 1.65 bits per heavy atom. The molecule has 0 atom stereocenters. The second-order valence-electron chi connectivity index (χ2n) is 6.91. The van der Waals surface area contributed by atoms with Crippen LogP contribution in [0.3, 0.4) is 0 Å². The molecule has 7 nitrogen and oxygen atoms in total. The van der Waals surface area contributed by atoms with Gasteiger partial charge in [0.1, 0.15) is 0 Å². The fourth-order valence-electron chi connectivity index (χ4n) is 3.57. The van der Waals surface area contributed by atoms with E-state index in [1.54, 1.807) is 0 Å². The van der Waals surface area contributed by atoms with Crippen molar-refractivity contribution in [3.8, 4) is 0 Å². The Hall–Kier alpha value is -2.51. The van der Waals surface area contributed by atoms with Gasteiger partial charge in [-0.2, -0.15) is 5.10 Å². The maximum Gasteiger partial charge on any atom is 0.259 e. The number of rotatable bonds is 5. The number of amides is 2. The second-order valence-corrected chi connectivity index (χ2v) is 6.91. The van der Waals surface area contributed by atoms with E-state index in [2.05, 4.69) is 21.9 Å². The molecular weight excluding hydrogens is 330 g/mol. The maximum absolute atomic E-state index is 12.0. The lowest BCUT2D eigenvalue weighted by Crippen LogP contribution is -2.44. The third-order valence-electron chi connectivity index (χ3n) is 5.10. The lowest BCUT2D eigenvalue weighted by atomic mass is 10.2. The number of hydrogen-bond acceptors (Lipinski definition) is 5. The second kappa shape index (κ2) is 7.01. The van der Waals surface area contributed by atoms with Crippen LogP contribution in [0.2, 0.25) is 0 Å². The molecule has 4 rings (SSSR count). The van der Waals surface area contributed by atoms with Gasteiger partial charge in [0.2, 0.25) is 0 Å². The van der Waals surface area contributed by atoms with Gasteiger partial charge in [-0.05, 0) is 32.1 Å². The van der Waals surface area contributed by atoms with Crippen molar-refractivity contribution >= 4 is 28.5 Å². The Morgan fingerprint density at radius 3 is 2.38 bits per heavy atom. The zero-order chi connectivity index (χ0) is 18.1. The molecule has 0 bridgehead atoms. The van der Waals surface area contributed by atoms with E-state index in [-0.39, 0.29) is 11.8 Å². The number of imide groups is 1. The molecule has 0 unspecified atom stereocenters. The van der Waals surface area contributed by atoms with E-state index in [4.69, 9.17) is 0 Å². The van der Waals surface area contributed by atoms with E-state index in [9.17, 15) is 9.59 Å². The summed E-state index contributed by atoms with van der Waals surface area (Å²) in [7, 11) is 2.16. The molecular formula is C19H23N5O2. The summed E-state index contributed by atoms with van der Waals surface area (Å²) in [5.74, 6) is -0.231. The van der Waals surface area contributed by atoms with Gasteiger partial charge in [-0.3, -0.25) is 14.3 Å². The molecule has 2 aliphatic heterocycles. The highest BCUT2D eigenvalue weighted by molar-refractivity contribution is 6.29. The molecule has 2 aromatic rings. The van der Waals surface area contributed by atoms with E-state index >= 15 is 0 Å². The minimum absolute atomic E-state index is 0.331. The van der Waals surface area contributed by atoms with Crippen LogP contribution in [0, 0.1) is 0 Å². The van der Waals surface area contributed by atoms with Gasteiger partial charge in [0.15, 0.2) is 5.82 Å². The van der Waals surface area contributed by atoms with Crippen LogP contribution in [0.1, 0.15) is 6.42 Å². The molecule has 26 heavy (non-hydrogen) atoms. The van der Waals surface area contributed by atoms with Crippen molar-refractivity contribution in [3.05, 3.63) is 36.4 Å². The van der Waals surface area contributed by atoms with Gasteiger partial charge in [-0.15, -0.1) is 0 Å². The normalized spacial score (nSPS) is 19.2. The summed E-state index contributed by atoms with van der Waals surface area (Å²) in [6, 6.07) is 7.75.